The van der Waals surface area contributed by atoms with Crippen molar-refractivity contribution in [1.82, 2.24) is 14.8 Å². The van der Waals surface area contributed by atoms with Gasteiger partial charge in [0.15, 0.2) is 5.75 Å². The summed E-state index contributed by atoms with van der Waals surface area (Å²) in [4.78, 5) is 28.4. The molecule has 4 rings (SSSR count). The van der Waals surface area contributed by atoms with Crippen molar-refractivity contribution < 1.29 is 9.90 Å². The van der Waals surface area contributed by atoms with Crippen molar-refractivity contribution >= 4 is 27.5 Å². The monoisotopic (exact) mass is 389 g/mol. The molecule has 2 aliphatic heterocycles. The fourth-order valence-corrected chi connectivity index (χ4v) is 5.53. The molecule has 0 saturated carbocycles. The molecule has 2 saturated heterocycles. The Morgan fingerprint density at radius 1 is 1.33 bits per heavy atom. The van der Waals surface area contributed by atoms with Crippen LogP contribution in [-0.4, -0.2) is 45.7 Å². The van der Waals surface area contributed by atoms with Crippen molar-refractivity contribution in [3.05, 3.63) is 27.4 Å². The molecule has 0 radical (unpaired) electrons. The Labute approximate surface area is 162 Å². The van der Waals surface area contributed by atoms with E-state index in [1.54, 1.807) is 4.57 Å². The van der Waals surface area contributed by atoms with Gasteiger partial charge in [-0.15, -0.1) is 11.3 Å². The highest BCUT2D eigenvalue weighted by molar-refractivity contribution is 7.17. The predicted octanol–water partition coefficient (Wildman–Crippen LogP) is 2.92. The molecule has 2 fully saturated rings. The first kappa shape index (κ1) is 18.5. The van der Waals surface area contributed by atoms with Crippen molar-refractivity contribution in [2.45, 2.75) is 70.1 Å². The Kier molecular flexibility index (Phi) is 4.99. The topological polar surface area (TPSA) is 74.6 Å². The first-order valence-electron chi connectivity index (χ1n) is 9.87. The highest BCUT2D eigenvalue weighted by atomic mass is 32.1. The summed E-state index contributed by atoms with van der Waals surface area (Å²) in [5.74, 6) is -0.613. The zero-order chi connectivity index (χ0) is 19.1. The van der Waals surface area contributed by atoms with E-state index in [1.165, 1.54) is 24.2 Å². The number of thiophene rings is 1. The number of hydrogen-bond acceptors (Lipinski definition) is 5. The maximum atomic E-state index is 13.0. The first-order chi connectivity index (χ1) is 13.0. The summed E-state index contributed by atoms with van der Waals surface area (Å²) in [5.41, 5.74) is 0.220. The molecule has 0 spiro atoms. The fraction of sp³-hybridized carbons (Fsp3) is 0.600. The van der Waals surface area contributed by atoms with Gasteiger partial charge in [0, 0.05) is 24.7 Å². The minimum absolute atomic E-state index is 0.0631. The molecular weight excluding hydrogens is 362 g/mol. The van der Waals surface area contributed by atoms with Crippen molar-refractivity contribution in [2.24, 2.45) is 0 Å². The second kappa shape index (κ2) is 7.28. The zero-order valence-corrected chi connectivity index (χ0v) is 16.7. The lowest BCUT2D eigenvalue weighted by Gasteiger charge is -2.36. The van der Waals surface area contributed by atoms with Crippen LogP contribution >= 0.6 is 11.3 Å². The Morgan fingerprint density at radius 3 is 2.70 bits per heavy atom. The third-order valence-electron chi connectivity index (χ3n) is 6.24. The third kappa shape index (κ3) is 3.17. The number of unbranched alkanes of at least 4 members (excludes halogenated alkanes) is 1. The van der Waals surface area contributed by atoms with Crippen LogP contribution in [0.5, 0.6) is 5.75 Å². The average Bonchev–Trinajstić information content (AvgIpc) is 3.18. The molecule has 146 valence electrons. The lowest BCUT2D eigenvalue weighted by Crippen LogP contribution is -2.49. The standard InChI is InChI=1S/C20H27N3O3S/c1-3-4-8-23-15-7-9-27-18(15)17(24)16(20(23)26)19(25)21-12-10-13-5-6-14(11-12)22(13)2/h7,9,12-14,24H,3-6,8,10-11H2,1-2H3,(H,21,25). The summed E-state index contributed by atoms with van der Waals surface area (Å²) in [6.07, 6.45) is 5.97. The molecule has 2 bridgehead atoms. The number of rotatable bonds is 5. The number of carbonyl (C=O) groups is 1. The molecule has 2 N–H and O–H groups in total. The summed E-state index contributed by atoms with van der Waals surface area (Å²) in [6, 6.07) is 2.91. The molecule has 2 aromatic heterocycles. The molecule has 0 aromatic carbocycles. The number of piperidine rings is 1. The van der Waals surface area contributed by atoms with E-state index in [2.05, 4.69) is 24.2 Å². The van der Waals surface area contributed by atoms with E-state index in [-0.39, 0.29) is 22.9 Å². The van der Waals surface area contributed by atoms with E-state index in [9.17, 15) is 14.7 Å². The van der Waals surface area contributed by atoms with Gasteiger partial charge in [0.05, 0.1) is 10.2 Å². The van der Waals surface area contributed by atoms with Crippen LogP contribution in [0.1, 0.15) is 55.8 Å². The quantitative estimate of drug-likeness (QED) is 0.825. The van der Waals surface area contributed by atoms with Crippen LogP contribution in [0, 0.1) is 0 Å². The summed E-state index contributed by atoms with van der Waals surface area (Å²) in [7, 11) is 2.16. The van der Waals surface area contributed by atoms with Gasteiger partial charge in [0.1, 0.15) is 5.56 Å². The zero-order valence-electron chi connectivity index (χ0n) is 15.9. The van der Waals surface area contributed by atoms with Crippen molar-refractivity contribution in [3.8, 4) is 5.75 Å². The minimum atomic E-state index is -0.438. The number of nitrogens with zero attached hydrogens (tertiary/aromatic N) is 2. The average molecular weight is 390 g/mol. The summed E-state index contributed by atoms with van der Waals surface area (Å²) < 4.78 is 2.25. The number of aromatic nitrogens is 1. The van der Waals surface area contributed by atoms with Gasteiger partial charge in [-0.2, -0.15) is 0 Å². The smallest absolute Gasteiger partial charge is 0.267 e. The number of aryl methyl sites for hydroxylation is 1. The van der Waals surface area contributed by atoms with Crippen molar-refractivity contribution in [3.63, 3.8) is 0 Å². The Morgan fingerprint density at radius 2 is 2.04 bits per heavy atom. The van der Waals surface area contributed by atoms with E-state index >= 15 is 0 Å². The Bertz CT molecular complexity index is 905. The molecule has 27 heavy (non-hydrogen) atoms. The molecule has 1 amide bonds. The molecule has 7 heteroatoms. The van der Waals surface area contributed by atoms with Crippen LogP contribution in [-0.2, 0) is 6.54 Å². The minimum Gasteiger partial charge on any atom is -0.505 e. The normalized spacial score (nSPS) is 25.2. The highest BCUT2D eigenvalue weighted by Crippen LogP contribution is 2.35. The summed E-state index contributed by atoms with van der Waals surface area (Å²) in [6.45, 7) is 2.62. The predicted molar refractivity (Wildman–Crippen MR) is 108 cm³/mol. The van der Waals surface area contributed by atoms with Gasteiger partial charge in [-0.25, -0.2) is 0 Å². The van der Waals surface area contributed by atoms with E-state index < -0.39 is 5.91 Å². The van der Waals surface area contributed by atoms with Gasteiger partial charge >= 0.3 is 0 Å². The number of amides is 1. The number of aromatic hydroxyl groups is 1. The Hall–Kier alpha value is -1.86. The van der Waals surface area contributed by atoms with Crippen molar-refractivity contribution in [1.29, 1.82) is 0 Å². The van der Waals surface area contributed by atoms with E-state index in [0.717, 1.165) is 25.7 Å². The Balaban J connectivity index is 1.64. The van der Waals surface area contributed by atoms with Crippen molar-refractivity contribution in [2.75, 3.05) is 7.05 Å². The number of carbonyl (C=O) groups excluding carboxylic acids is 1. The second-order valence-electron chi connectivity index (χ2n) is 7.86. The SMILES string of the molecule is CCCCn1c(=O)c(C(=O)NC2CC3CCC(C2)N3C)c(O)c2sccc21. The number of pyridine rings is 1. The van der Waals surface area contributed by atoms with Gasteiger partial charge in [-0.05, 0) is 50.6 Å². The van der Waals surface area contributed by atoms with Crippen LogP contribution in [0.25, 0.3) is 10.2 Å². The van der Waals surface area contributed by atoms with E-state index in [1.807, 2.05) is 11.4 Å². The molecule has 2 aliphatic rings. The van der Waals surface area contributed by atoms with Gasteiger partial charge in [0.25, 0.3) is 11.5 Å². The van der Waals surface area contributed by atoms with Crippen LogP contribution in [0.4, 0.5) is 0 Å². The maximum absolute atomic E-state index is 13.0. The van der Waals surface area contributed by atoms with Gasteiger partial charge in [-0.3, -0.25) is 9.59 Å². The third-order valence-corrected chi connectivity index (χ3v) is 7.15. The highest BCUT2D eigenvalue weighted by Gasteiger charge is 2.39. The molecular formula is C20H27N3O3S. The molecule has 6 nitrogen and oxygen atoms in total. The van der Waals surface area contributed by atoms with Crippen LogP contribution in [0.2, 0.25) is 0 Å². The van der Waals surface area contributed by atoms with Gasteiger partial charge in [0.2, 0.25) is 0 Å². The molecule has 0 aliphatic carbocycles. The van der Waals surface area contributed by atoms with E-state index in [0.29, 0.717) is 28.8 Å². The molecule has 2 aromatic rings. The van der Waals surface area contributed by atoms with Crippen LogP contribution < -0.4 is 10.9 Å². The van der Waals surface area contributed by atoms with Crippen LogP contribution in [0.15, 0.2) is 16.2 Å². The lowest BCUT2D eigenvalue weighted by molar-refractivity contribution is 0.0878. The molecule has 2 atom stereocenters. The van der Waals surface area contributed by atoms with Crippen LogP contribution in [0.3, 0.4) is 0 Å². The largest absolute Gasteiger partial charge is 0.505 e. The first-order valence-corrected chi connectivity index (χ1v) is 10.7. The summed E-state index contributed by atoms with van der Waals surface area (Å²) >= 11 is 1.36. The maximum Gasteiger partial charge on any atom is 0.267 e. The number of hydrogen-bond donors (Lipinski definition) is 2. The fourth-order valence-electron chi connectivity index (χ4n) is 4.68. The number of nitrogens with one attached hydrogen (secondary N) is 1. The van der Waals surface area contributed by atoms with Gasteiger partial charge in [-0.1, -0.05) is 13.3 Å². The summed E-state index contributed by atoms with van der Waals surface area (Å²) in [5, 5.41) is 15.5. The van der Waals surface area contributed by atoms with E-state index in [4.69, 9.17) is 0 Å². The molecule has 4 heterocycles. The second-order valence-corrected chi connectivity index (χ2v) is 8.78. The number of fused-ring (bicyclic) bond motifs is 3. The van der Waals surface area contributed by atoms with Gasteiger partial charge < -0.3 is 19.9 Å². The lowest BCUT2D eigenvalue weighted by atomic mass is 9.97. The molecule has 2 unspecified atom stereocenters.